The number of ether oxygens (including phenoxy) is 2. The predicted molar refractivity (Wildman–Crippen MR) is 114 cm³/mol. The summed E-state index contributed by atoms with van der Waals surface area (Å²) in [6, 6.07) is 11.6. The third kappa shape index (κ3) is 4.13. The zero-order valence-corrected chi connectivity index (χ0v) is 16.7. The Balaban J connectivity index is 1.64. The third-order valence-electron chi connectivity index (χ3n) is 4.56. The van der Waals surface area contributed by atoms with Crippen molar-refractivity contribution in [2.75, 3.05) is 19.5 Å². The summed E-state index contributed by atoms with van der Waals surface area (Å²) in [5.41, 5.74) is 5.18. The fourth-order valence-corrected chi connectivity index (χ4v) is 3.12. The minimum absolute atomic E-state index is 0.721. The molecule has 0 aliphatic heterocycles. The van der Waals surface area contributed by atoms with Gasteiger partial charge in [-0.25, -0.2) is 4.98 Å². The maximum absolute atomic E-state index is 5.34. The Hall–Kier alpha value is -3.61. The summed E-state index contributed by atoms with van der Waals surface area (Å²) in [4.78, 5) is 9.33. The summed E-state index contributed by atoms with van der Waals surface area (Å²) in [6.45, 7) is 3.02. The molecule has 2 aromatic heterocycles. The van der Waals surface area contributed by atoms with Crippen LogP contribution in [0.25, 0.3) is 22.3 Å². The summed E-state index contributed by atoms with van der Waals surface area (Å²) in [7, 11) is 3.27. The van der Waals surface area contributed by atoms with Gasteiger partial charge in [0.25, 0.3) is 0 Å². The number of aromatic nitrogens is 4. The van der Waals surface area contributed by atoms with Crippen LogP contribution in [0.4, 0.5) is 11.4 Å². The van der Waals surface area contributed by atoms with Crippen molar-refractivity contribution in [2.24, 2.45) is 0 Å². The lowest BCUT2D eigenvalue weighted by atomic mass is 10.2. The van der Waals surface area contributed by atoms with E-state index in [4.69, 9.17) is 14.5 Å². The summed E-state index contributed by atoms with van der Waals surface area (Å²) >= 11 is 0. The summed E-state index contributed by atoms with van der Waals surface area (Å²) < 4.78 is 12.6. The fraction of sp³-hybridized carbons (Fsp3) is 0.227. The highest BCUT2D eigenvalue weighted by Crippen LogP contribution is 2.29. The van der Waals surface area contributed by atoms with Gasteiger partial charge >= 0.3 is 0 Å². The van der Waals surface area contributed by atoms with Crippen molar-refractivity contribution in [1.29, 1.82) is 0 Å². The summed E-state index contributed by atoms with van der Waals surface area (Å²) in [6.07, 6.45) is 6.66. The van der Waals surface area contributed by atoms with Gasteiger partial charge in [0.05, 0.1) is 43.3 Å². The number of hydrogen-bond acceptors (Lipinski definition) is 6. The van der Waals surface area contributed by atoms with E-state index in [1.807, 2.05) is 53.5 Å². The molecule has 0 aliphatic rings. The smallest absolute Gasteiger partial charge is 0.124 e. The number of hydrogen-bond donors (Lipinski definition) is 1. The van der Waals surface area contributed by atoms with Gasteiger partial charge in [0.1, 0.15) is 11.5 Å². The van der Waals surface area contributed by atoms with Crippen LogP contribution in [0.3, 0.4) is 0 Å². The Kier molecular flexibility index (Phi) is 5.29. The first-order valence-electron chi connectivity index (χ1n) is 9.48. The zero-order chi connectivity index (χ0) is 20.2. The van der Waals surface area contributed by atoms with Gasteiger partial charge < -0.3 is 14.8 Å². The lowest BCUT2D eigenvalue weighted by Crippen LogP contribution is -1.96. The number of anilines is 2. The van der Waals surface area contributed by atoms with Gasteiger partial charge in [0.2, 0.25) is 0 Å². The van der Waals surface area contributed by atoms with Crippen LogP contribution in [0.5, 0.6) is 11.5 Å². The number of benzene rings is 2. The van der Waals surface area contributed by atoms with Gasteiger partial charge in [-0.3, -0.25) is 9.67 Å². The number of aryl methyl sites for hydroxylation is 1. The molecule has 148 valence electrons. The van der Waals surface area contributed by atoms with E-state index in [9.17, 15) is 0 Å². The molecule has 0 radical (unpaired) electrons. The minimum Gasteiger partial charge on any atom is -0.497 e. The van der Waals surface area contributed by atoms with Crippen molar-refractivity contribution in [3.8, 4) is 22.8 Å². The Morgan fingerprint density at radius 2 is 1.72 bits per heavy atom. The molecule has 0 unspecified atom stereocenters. The average Bonchev–Trinajstić information content (AvgIpc) is 3.22. The van der Waals surface area contributed by atoms with Crippen LogP contribution in [-0.4, -0.2) is 34.0 Å². The molecule has 7 nitrogen and oxygen atoms in total. The van der Waals surface area contributed by atoms with Crippen LogP contribution in [0.15, 0.2) is 55.0 Å². The Morgan fingerprint density at radius 3 is 2.45 bits per heavy atom. The van der Waals surface area contributed by atoms with Gasteiger partial charge in [-0.1, -0.05) is 6.92 Å². The van der Waals surface area contributed by atoms with E-state index in [2.05, 4.69) is 22.3 Å². The normalized spacial score (nSPS) is 10.9. The van der Waals surface area contributed by atoms with E-state index < -0.39 is 0 Å². The van der Waals surface area contributed by atoms with Crippen LogP contribution >= 0.6 is 0 Å². The van der Waals surface area contributed by atoms with E-state index in [1.54, 1.807) is 20.4 Å². The van der Waals surface area contributed by atoms with Gasteiger partial charge in [0.15, 0.2) is 0 Å². The third-order valence-corrected chi connectivity index (χ3v) is 4.56. The molecule has 4 aromatic rings. The molecular weight excluding hydrogens is 366 g/mol. The van der Waals surface area contributed by atoms with Crippen molar-refractivity contribution in [2.45, 2.75) is 19.9 Å². The van der Waals surface area contributed by atoms with Crippen LogP contribution in [0.1, 0.15) is 13.3 Å². The number of nitrogens with zero attached hydrogens (tertiary/aromatic N) is 4. The Labute approximate surface area is 169 Å². The highest BCUT2D eigenvalue weighted by atomic mass is 16.5. The van der Waals surface area contributed by atoms with E-state index >= 15 is 0 Å². The van der Waals surface area contributed by atoms with Crippen LogP contribution < -0.4 is 14.8 Å². The molecule has 0 spiro atoms. The monoisotopic (exact) mass is 389 g/mol. The number of methoxy groups -OCH3 is 2. The molecule has 2 aromatic carbocycles. The first-order valence-corrected chi connectivity index (χ1v) is 9.48. The fourth-order valence-electron chi connectivity index (χ4n) is 3.12. The van der Waals surface area contributed by atoms with Gasteiger partial charge in [0, 0.05) is 47.9 Å². The molecule has 0 bridgehead atoms. The summed E-state index contributed by atoms with van der Waals surface area (Å²) in [5, 5.41) is 7.76. The molecule has 29 heavy (non-hydrogen) atoms. The minimum atomic E-state index is 0.721. The number of fused-ring (bicyclic) bond motifs is 1. The largest absolute Gasteiger partial charge is 0.497 e. The first-order chi connectivity index (χ1) is 14.2. The standard InChI is InChI=1S/C22H23N5O2/c1-4-7-27-14-15(12-24-27)22-13-23-20-6-5-16(10-21(20)26-22)25-17-8-18(28-2)11-19(9-17)29-3/h5-6,8-14,25H,4,7H2,1-3H3. The predicted octanol–water partition coefficient (Wildman–Crippen LogP) is 4.66. The van der Waals surface area contributed by atoms with Crippen LogP contribution in [0, 0.1) is 0 Å². The second kappa shape index (κ2) is 8.18. The maximum atomic E-state index is 5.34. The molecule has 7 heteroatoms. The SMILES string of the molecule is CCCn1cc(-c2cnc3ccc(Nc4cc(OC)cc(OC)c4)cc3n2)cn1. The van der Waals surface area contributed by atoms with Crippen molar-refractivity contribution in [3.63, 3.8) is 0 Å². The second-order valence-electron chi connectivity index (χ2n) is 6.68. The summed E-state index contributed by atoms with van der Waals surface area (Å²) in [5.74, 6) is 1.44. The van der Waals surface area contributed by atoms with Crippen LogP contribution in [-0.2, 0) is 6.54 Å². The molecular formula is C22H23N5O2. The van der Waals surface area contributed by atoms with E-state index in [1.165, 1.54) is 0 Å². The number of nitrogens with one attached hydrogen (secondary N) is 1. The topological polar surface area (TPSA) is 74.1 Å². The van der Waals surface area contributed by atoms with Crippen molar-refractivity contribution < 1.29 is 9.47 Å². The van der Waals surface area contributed by atoms with E-state index in [0.717, 1.165) is 58.1 Å². The van der Waals surface area contributed by atoms with Gasteiger partial charge in [-0.2, -0.15) is 5.10 Å². The molecule has 1 N–H and O–H groups in total. The van der Waals surface area contributed by atoms with Gasteiger partial charge in [-0.15, -0.1) is 0 Å². The van der Waals surface area contributed by atoms with Crippen molar-refractivity contribution >= 4 is 22.4 Å². The Morgan fingerprint density at radius 1 is 0.931 bits per heavy atom. The molecule has 0 fully saturated rings. The van der Waals surface area contributed by atoms with E-state index in [-0.39, 0.29) is 0 Å². The molecule has 4 rings (SSSR count). The molecule has 0 amide bonds. The number of rotatable bonds is 7. The van der Waals surface area contributed by atoms with Crippen molar-refractivity contribution in [1.82, 2.24) is 19.7 Å². The molecule has 0 aliphatic carbocycles. The second-order valence-corrected chi connectivity index (χ2v) is 6.68. The highest BCUT2D eigenvalue weighted by Gasteiger charge is 2.08. The molecule has 0 atom stereocenters. The first kappa shape index (κ1) is 18.7. The van der Waals surface area contributed by atoms with E-state index in [0.29, 0.717) is 0 Å². The van der Waals surface area contributed by atoms with Crippen molar-refractivity contribution in [3.05, 3.63) is 55.0 Å². The molecule has 0 saturated carbocycles. The quantitative estimate of drug-likeness (QED) is 0.495. The van der Waals surface area contributed by atoms with Gasteiger partial charge in [-0.05, 0) is 24.6 Å². The Bertz CT molecular complexity index is 1120. The maximum Gasteiger partial charge on any atom is 0.124 e. The molecule has 2 heterocycles. The molecule has 0 saturated heterocycles. The zero-order valence-electron chi connectivity index (χ0n) is 16.7. The lowest BCUT2D eigenvalue weighted by molar-refractivity contribution is 0.395. The van der Waals surface area contributed by atoms with Crippen LogP contribution in [0.2, 0.25) is 0 Å². The lowest BCUT2D eigenvalue weighted by Gasteiger charge is -2.11. The highest BCUT2D eigenvalue weighted by molar-refractivity contribution is 5.82. The average molecular weight is 389 g/mol.